The predicted molar refractivity (Wildman–Crippen MR) is 45.2 cm³/mol. The quantitative estimate of drug-likeness (QED) is 0.740. The Kier molecular flexibility index (Phi) is 3.47. The molecular formula is C8H9ClFNO. The first-order valence-corrected chi connectivity index (χ1v) is 3.80. The van der Waals surface area contributed by atoms with Crippen LogP contribution in [-0.4, -0.2) is 0 Å². The van der Waals surface area contributed by atoms with E-state index in [0.717, 1.165) is 5.56 Å². The van der Waals surface area contributed by atoms with E-state index in [0.29, 0.717) is 10.6 Å². The molecule has 1 rings (SSSR count). The molecule has 0 unspecified atom stereocenters. The zero-order chi connectivity index (χ0) is 8.97. The molecule has 0 aliphatic carbocycles. The van der Waals surface area contributed by atoms with Crippen LogP contribution in [0, 0.1) is 0 Å². The number of nitrogens with two attached hydrogens (primary N) is 1. The standard InChI is InChI=1S/C8H9ClFNO/c9-8-3-6(4-10)1-2-7(8)5-12-11/h1-3H,4-5,11H2. The molecule has 2 nitrogen and oxygen atoms in total. The predicted octanol–water partition coefficient (Wildman–Crippen LogP) is 2.20. The van der Waals surface area contributed by atoms with Crippen molar-refractivity contribution in [2.75, 3.05) is 0 Å². The van der Waals surface area contributed by atoms with Gasteiger partial charge in [0.1, 0.15) is 6.67 Å². The maximum Gasteiger partial charge on any atom is 0.115 e. The number of hydrogen-bond donors (Lipinski definition) is 1. The van der Waals surface area contributed by atoms with Crippen molar-refractivity contribution in [1.82, 2.24) is 0 Å². The van der Waals surface area contributed by atoms with Gasteiger partial charge in [-0.25, -0.2) is 10.3 Å². The molecule has 0 amide bonds. The van der Waals surface area contributed by atoms with E-state index < -0.39 is 6.67 Å². The van der Waals surface area contributed by atoms with Gasteiger partial charge in [0.15, 0.2) is 0 Å². The van der Waals surface area contributed by atoms with E-state index >= 15 is 0 Å². The lowest BCUT2D eigenvalue weighted by molar-refractivity contribution is 0.124. The van der Waals surface area contributed by atoms with Gasteiger partial charge in [-0.1, -0.05) is 23.7 Å². The fraction of sp³-hybridized carbons (Fsp3) is 0.250. The van der Waals surface area contributed by atoms with Crippen molar-refractivity contribution in [3.05, 3.63) is 34.3 Å². The number of rotatable bonds is 3. The van der Waals surface area contributed by atoms with Gasteiger partial charge in [-0.3, -0.25) is 4.84 Å². The van der Waals surface area contributed by atoms with E-state index in [2.05, 4.69) is 4.84 Å². The summed E-state index contributed by atoms with van der Waals surface area (Å²) in [5.74, 6) is 4.87. The van der Waals surface area contributed by atoms with Crippen molar-refractivity contribution in [3.63, 3.8) is 0 Å². The Bertz CT molecular complexity index is 267. The second-order valence-electron chi connectivity index (χ2n) is 2.37. The molecule has 4 heteroatoms. The van der Waals surface area contributed by atoms with Gasteiger partial charge in [0, 0.05) is 5.02 Å². The van der Waals surface area contributed by atoms with Crippen LogP contribution in [0.2, 0.25) is 5.02 Å². The number of hydrogen-bond acceptors (Lipinski definition) is 2. The third-order valence-corrected chi connectivity index (χ3v) is 1.86. The Morgan fingerprint density at radius 1 is 1.50 bits per heavy atom. The molecular weight excluding hydrogens is 181 g/mol. The van der Waals surface area contributed by atoms with Gasteiger partial charge in [-0.05, 0) is 17.2 Å². The summed E-state index contributed by atoms with van der Waals surface area (Å²) >= 11 is 5.78. The van der Waals surface area contributed by atoms with Gasteiger partial charge in [0.25, 0.3) is 0 Å². The Morgan fingerprint density at radius 3 is 2.75 bits per heavy atom. The minimum atomic E-state index is -0.510. The average Bonchev–Trinajstić information content (AvgIpc) is 2.09. The Labute approximate surface area is 75.0 Å². The van der Waals surface area contributed by atoms with Gasteiger partial charge in [0.2, 0.25) is 0 Å². The highest BCUT2D eigenvalue weighted by molar-refractivity contribution is 6.31. The summed E-state index contributed by atoms with van der Waals surface area (Å²) in [7, 11) is 0. The largest absolute Gasteiger partial charge is 0.300 e. The highest BCUT2D eigenvalue weighted by Gasteiger charge is 2.00. The molecule has 0 heterocycles. The Morgan fingerprint density at radius 2 is 2.25 bits per heavy atom. The lowest BCUT2D eigenvalue weighted by atomic mass is 10.1. The van der Waals surface area contributed by atoms with Crippen LogP contribution in [0.3, 0.4) is 0 Å². The monoisotopic (exact) mass is 189 g/mol. The summed E-state index contributed by atoms with van der Waals surface area (Å²) in [4.78, 5) is 4.40. The van der Waals surface area contributed by atoms with Gasteiger partial charge >= 0.3 is 0 Å². The zero-order valence-corrected chi connectivity index (χ0v) is 7.14. The number of benzene rings is 1. The summed E-state index contributed by atoms with van der Waals surface area (Å²) in [5, 5.41) is 0.482. The van der Waals surface area contributed by atoms with Crippen LogP contribution in [0.5, 0.6) is 0 Å². The molecule has 66 valence electrons. The van der Waals surface area contributed by atoms with E-state index in [1.165, 1.54) is 0 Å². The first-order chi connectivity index (χ1) is 5.77. The molecule has 0 radical (unpaired) electrons. The highest BCUT2D eigenvalue weighted by atomic mass is 35.5. The van der Waals surface area contributed by atoms with Crippen LogP contribution in [0.4, 0.5) is 4.39 Å². The maximum atomic E-state index is 12.1. The summed E-state index contributed by atoms with van der Waals surface area (Å²) in [6.07, 6.45) is 0. The maximum absolute atomic E-state index is 12.1. The molecule has 0 saturated carbocycles. The summed E-state index contributed by atoms with van der Waals surface area (Å²) < 4.78 is 12.1. The van der Waals surface area contributed by atoms with Crippen LogP contribution in [0.1, 0.15) is 11.1 Å². The average molecular weight is 190 g/mol. The summed E-state index contributed by atoms with van der Waals surface area (Å²) in [5.41, 5.74) is 1.32. The molecule has 0 aliphatic rings. The minimum Gasteiger partial charge on any atom is -0.300 e. The summed E-state index contributed by atoms with van der Waals surface area (Å²) in [6.45, 7) is -0.269. The third kappa shape index (κ3) is 2.17. The van der Waals surface area contributed by atoms with Crippen molar-refractivity contribution >= 4 is 11.6 Å². The molecule has 12 heavy (non-hydrogen) atoms. The first kappa shape index (κ1) is 9.45. The van der Waals surface area contributed by atoms with Crippen LogP contribution in [0.15, 0.2) is 18.2 Å². The van der Waals surface area contributed by atoms with E-state index in [1.807, 2.05) is 0 Å². The number of alkyl halides is 1. The topological polar surface area (TPSA) is 35.2 Å². The minimum absolute atomic E-state index is 0.241. The molecule has 2 N–H and O–H groups in total. The van der Waals surface area contributed by atoms with E-state index in [9.17, 15) is 4.39 Å². The first-order valence-electron chi connectivity index (χ1n) is 3.43. The van der Waals surface area contributed by atoms with Gasteiger partial charge in [-0.15, -0.1) is 0 Å². The van der Waals surface area contributed by atoms with E-state index in [-0.39, 0.29) is 6.61 Å². The van der Waals surface area contributed by atoms with Gasteiger partial charge in [0.05, 0.1) is 6.61 Å². The molecule has 0 aromatic heterocycles. The second-order valence-corrected chi connectivity index (χ2v) is 2.78. The SMILES string of the molecule is NOCc1ccc(CF)cc1Cl. The Hall–Kier alpha value is -0.640. The highest BCUT2D eigenvalue weighted by Crippen LogP contribution is 2.18. The Balaban J connectivity index is 2.87. The lowest BCUT2D eigenvalue weighted by Crippen LogP contribution is -1.99. The molecule has 0 atom stereocenters. The number of halogens is 2. The fourth-order valence-corrected chi connectivity index (χ4v) is 1.14. The van der Waals surface area contributed by atoms with Crippen molar-refractivity contribution in [1.29, 1.82) is 0 Å². The van der Waals surface area contributed by atoms with Crippen molar-refractivity contribution in [3.8, 4) is 0 Å². The van der Waals surface area contributed by atoms with Crippen molar-refractivity contribution in [2.24, 2.45) is 5.90 Å². The zero-order valence-electron chi connectivity index (χ0n) is 6.39. The fourth-order valence-electron chi connectivity index (χ4n) is 0.881. The normalized spacial score (nSPS) is 10.2. The smallest absolute Gasteiger partial charge is 0.115 e. The molecule has 1 aromatic rings. The molecule has 0 fully saturated rings. The molecule has 0 bridgehead atoms. The van der Waals surface area contributed by atoms with Gasteiger partial charge in [-0.2, -0.15) is 0 Å². The third-order valence-electron chi connectivity index (χ3n) is 1.51. The van der Waals surface area contributed by atoms with E-state index in [1.54, 1.807) is 18.2 Å². The molecule has 0 aliphatic heterocycles. The molecule has 0 spiro atoms. The van der Waals surface area contributed by atoms with Crippen molar-refractivity contribution in [2.45, 2.75) is 13.3 Å². The molecule has 1 aromatic carbocycles. The second kappa shape index (κ2) is 4.40. The van der Waals surface area contributed by atoms with Crippen molar-refractivity contribution < 1.29 is 9.23 Å². The van der Waals surface area contributed by atoms with E-state index in [4.69, 9.17) is 17.5 Å². The summed E-state index contributed by atoms with van der Waals surface area (Å²) in [6, 6.07) is 4.92. The van der Waals surface area contributed by atoms with Crippen LogP contribution < -0.4 is 5.90 Å². The lowest BCUT2D eigenvalue weighted by Gasteiger charge is -2.03. The van der Waals surface area contributed by atoms with Crippen LogP contribution in [0.25, 0.3) is 0 Å². The molecule has 0 saturated heterocycles. The van der Waals surface area contributed by atoms with Crippen LogP contribution >= 0.6 is 11.6 Å². The van der Waals surface area contributed by atoms with Crippen LogP contribution in [-0.2, 0) is 18.1 Å². The van der Waals surface area contributed by atoms with Gasteiger partial charge < -0.3 is 0 Å².